The molecule has 4 rings (SSSR count). The summed E-state index contributed by atoms with van der Waals surface area (Å²) in [5.74, 6) is 1.20. The van der Waals surface area contributed by atoms with Gasteiger partial charge in [0.25, 0.3) is 5.91 Å². The summed E-state index contributed by atoms with van der Waals surface area (Å²) >= 11 is 5.29. The molecule has 0 aromatic heterocycles. The van der Waals surface area contributed by atoms with Crippen molar-refractivity contribution in [1.29, 1.82) is 0 Å². The fourth-order valence-electron chi connectivity index (χ4n) is 3.25. The third-order valence-corrected chi connectivity index (χ3v) is 4.77. The maximum Gasteiger partial charge on any atom is 0.257 e. The van der Waals surface area contributed by atoms with Crippen LogP contribution in [0.3, 0.4) is 0 Å². The van der Waals surface area contributed by atoms with E-state index in [-0.39, 0.29) is 5.91 Å². The van der Waals surface area contributed by atoms with Gasteiger partial charge in [-0.2, -0.15) is 0 Å². The molecule has 3 aliphatic rings. The Kier molecular flexibility index (Phi) is 4.59. The summed E-state index contributed by atoms with van der Waals surface area (Å²) in [5.41, 5.74) is 0.568. The molecular weight excluding hydrogens is 298 g/mol. The Bertz CT molecular complexity index is 553. The standard InChI is InChI=1S/C16H21N3O2S/c1-21-13-4-2-12(3-5-13)15(20)18-16(22)17-14-10-19-8-6-11(14)7-9-19/h2-5,11,14H,6-10H2,1H3,(H2,17,18,20,22). The van der Waals surface area contributed by atoms with E-state index < -0.39 is 0 Å². The maximum atomic E-state index is 12.2. The second kappa shape index (κ2) is 6.62. The van der Waals surface area contributed by atoms with Crippen LogP contribution in [-0.4, -0.2) is 48.7 Å². The van der Waals surface area contributed by atoms with Gasteiger partial charge >= 0.3 is 0 Å². The maximum absolute atomic E-state index is 12.2. The molecular formula is C16H21N3O2S. The van der Waals surface area contributed by atoms with Gasteiger partial charge in [-0.3, -0.25) is 10.1 Å². The van der Waals surface area contributed by atoms with Crippen LogP contribution in [0.2, 0.25) is 0 Å². The van der Waals surface area contributed by atoms with Gasteiger partial charge in [0.15, 0.2) is 5.11 Å². The third kappa shape index (κ3) is 3.39. The van der Waals surface area contributed by atoms with Crippen LogP contribution < -0.4 is 15.4 Å². The van der Waals surface area contributed by atoms with E-state index in [1.165, 1.54) is 25.9 Å². The number of ether oxygens (including phenoxy) is 1. The second-order valence-electron chi connectivity index (χ2n) is 5.90. The van der Waals surface area contributed by atoms with E-state index >= 15 is 0 Å². The molecule has 118 valence electrons. The molecule has 3 saturated heterocycles. The van der Waals surface area contributed by atoms with Gasteiger partial charge in [0, 0.05) is 18.2 Å². The van der Waals surface area contributed by atoms with Crippen molar-refractivity contribution in [2.45, 2.75) is 18.9 Å². The van der Waals surface area contributed by atoms with E-state index in [4.69, 9.17) is 17.0 Å². The van der Waals surface area contributed by atoms with E-state index in [0.717, 1.165) is 12.3 Å². The molecule has 0 saturated carbocycles. The third-order valence-electron chi connectivity index (χ3n) is 4.55. The van der Waals surface area contributed by atoms with Gasteiger partial charge < -0.3 is 15.0 Å². The fourth-order valence-corrected chi connectivity index (χ4v) is 3.49. The molecule has 2 N–H and O–H groups in total. The number of hydrogen-bond acceptors (Lipinski definition) is 4. The smallest absolute Gasteiger partial charge is 0.257 e. The molecule has 5 nitrogen and oxygen atoms in total. The highest BCUT2D eigenvalue weighted by molar-refractivity contribution is 7.80. The number of hydrogen-bond donors (Lipinski definition) is 2. The largest absolute Gasteiger partial charge is 0.497 e. The number of benzene rings is 1. The average Bonchev–Trinajstić information content (AvgIpc) is 2.56. The summed E-state index contributed by atoms with van der Waals surface area (Å²) < 4.78 is 5.08. The van der Waals surface area contributed by atoms with Gasteiger partial charge in [-0.15, -0.1) is 0 Å². The Morgan fingerprint density at radius 3 is 2.50 bits per heavy atom. The van der Waals surface area contributed by atoms with Crippen LogP contribution in [0.5, 0.6) is 5.75 Å². The van der Waals surface area contributed by atoms with Crippen molar-refractivity contribution in [3.05, 3.63) is 29.8 Å². The van der Waals surface area contributed by atoms with E-state index in [1.54, 1.807) is 31.4 Å². The van der Waals surface area contributed by atoms with E-state index in [1.807, 2.05) is 0 Å². The van der Waals surface area contributed by atoms with E-state index in [2.05, 4.69) is 15.5 Å². The van der Waals surface area contributed by atoms with Crippen LogP contribution >= 0.6 is 12.2 Å². The zero-order valence-electron chi connectivity index (χ0n) is 12.7. The normalized spacial score (nSPS) is 26.3. The Labute approximate surface area is 136 Å². The number of carbonyl (C=O) groups excluding carboxylic acids is 1. The van der Waals surface area contributed by atoms with Crippen molar-refractivity contribution in [2.75, 3.05) is 26.7 Å². The van der Waals surface area contributed by atoms with E-state index in [0.29, 0.717) is 22.6 Å². The molecule has 22 heavy (non-hydrogen) atoms. The molecule has 1 aromatic carbocycles. The van der Waals surface area contributed by atoms with Crippen LogP contribution in [-0.2, 0) is 0 Å². The molecule has 1 amide bonds. The van der Waals surface area contributed by atoms with Crippen LogP contribution in [0.25, 0.3) is 0 Å². The second-order valence-corrected chi connectivity index (χ2v) is 6.31. The molecule has 1 aromatic rings. The van der Waals surface area contributed by atoms with Crippen LogP contribution in [0.1, 0.15) is 23.2 Å². The lowest BCUT2D eigenvalue weighted by Gasteiger charge is -2.45. The van der Waals surface area contributed by atoms with Gasteiger partial charge in [-0.05, 0) is 68.3 Å². The lowest BCUT2D eigenvalue weighted by Crippen LogP contribution is -2.59. The number of piperidine rings is 3. The van der Waals surface area contributed by atoms with Crippen LogP contribution in [0, 0.1) is 5.92 Å². The molecule has 1 unspecified atom stereocenters. The van der Waals surface area contributed by atoms with Crippen molar-refractivity contribution in [2.24, 2.45) is 5.92 Å². The highest BCUT2D eigenvalue weighted by Crippen LogP contribution is 2.27. The Hall–Kier alpha value is -1.66. The zero-order valence-corrected chi connectivity index (χ0v) is 13.5. The van der Waals surface area contributed by atoms with E-state index in [9.17, 15) is 4.79 Å². The van der Waals surface area contributed by atoms with Crippen molar-refractivity contribution >= 4 is 23.2 Å². The number of carbonyl (C=O) groups is 1. The number of methoxy groups -OCH3 is 1. The first-order valence-corrected chi connectivity index (χ1v) is 8.05. The molecule has 6 heteroatoms. The highest BCUT2D eigenvalue weighted by Gasteiger charge is 2.34. The predicted molar refractivity (Wildman–Crippen MR) is 89.1 cm³/mol. The van der Waals surface area contributed by atoms with Crippen LogP contribution in [0.15, 0.2) is 24.3 Å². The van der Waals surface area contributed by atoms with Crippen molar-refractivity contribution < 1.29 is 9.53 Å². The summed E-state index contributed by atoms with van der Waals surface area (Å²) in [4.78, 5) is 14.6. The fraction of sp³-hybridized carbons (Fsp3) is 0.500. The Morgan fingerprint density at radius 1 is 1.27 bits per heavy atom. The molecule has 0 radical (unpaired) electrons. The molecule has 3 fully saturated rings. The molecule has 2 bridgehead atoms. The lowest BCUT2D eigenvalue weighted by molar-refractivity contribution is 0.0807. The Morgan fingerprint density at radius 2 is 1.95 bits per heavy atom. The monoisotopic (exact) mass is 319 g/mol. The van der Waals surface area contributed by atoms with Crippen LogP contribution in [0.4, 0.5) is 0 Å². The summed E-state index contributed by atoms with van der Waals surface area (Å²) in [6.07, 6.45) is 2.43. The van der Waals surface area contributed by atoms with Gasteiger partial charge in [0.05, 0.1) is 7.11 Å². The van der Waals surface area contributed by atoms with Crippen molar-refractivity contribution in [3.8, 4) is 5.75 Å². The first kappa shape index (κ1) is 15.2. The quantitative estimate of drug-likeness (QED) is 0.825. The topological polar surface area (TPSA) is 53.6 Å². The SMILES string of the molecule is COc1ccc(C(=O)NC(=S)NC2CN3CCC2CC3)cc1. The Balaban J connectivity index is 1.53. The molecule has 0 aliphatic carbocycles. The average molecular weight is 319 g/mol. The molecule has 3 aliphatic heterocycles. The predicted octanol–water partition coefficient (Wildman–Crippen LogP) is 1.39. The van der Waals surface area contributed by atoms with Gasteiger partial charge in [0.2, 0.25) is 0 Å². The first-order valence-electron chi connectivity index (χ1n) is 7.64. The number of fused-ring (bicyclic) bond motifs is 3. The number of amides is 1. The van der Waals surface area contributed by atoms with Crippen molar-refractivity contribution in [3.63, 3.8) is 0 Å². The van der Waals surface area contributed by atoms with Gasteiger partial charge in [-0.25, -0.2) is 0 Å². The summed E-state index contributed by atoms with van der Waals surface area (Å²) in [6, 6.07) is 7.33. The summed E-state index contributed by atoms with van der Waals surface area (Å²) in [6.45, 7) is 3.39. The number of nitrogens with one attached hydrogen (secondary N) is 2. The minimum absolute atomic E-state index is 0.193. The minimum Gasteiger partial charge on any atom is -0.497 e. The summed E-state index contributed by atoms with van der Waals surface area (Å²) in [7, 11) is 1.60. The molecule has 1 atom stereocenters. The van der Waals surface area contributed by atoms with Crippen molar-refractivity contribution in [1.82, 2.24) is 15.5 Å². The number of nitrogens with zero attached hydrogens (tertiary/aromatic N) is 1. The highest BCUT2D eigenvalue weighted by atomic mass is 32.1. The molecule has 0 spiro atoms. The number of thiocarbonyl (C=S) groups is 1. The zero-order chi connectivity index (χ0) is 15.5. The van der Waals surface area contributed by atoms with Gasteiger partial charge in [-0.1, -0.05) is 0 Å². The number of rotatable bonds is 3. The first-order chi connectivity index (χ1) is 10.7. The van der Waals surface area contributed by atoms with Gasteiger partial charge in [0.1, 0.15) is 5.75 Å². The molecule has 3 heterocycles. The lowest BCUT2D eigenvalue weighted by atomic mass is 9.84. The minimum atomic E-state index is -0.193. The summed E-state index contributed by atoms with van der Waals surface area (Å²) in [5, 5.41) is 6.49.